The van der Waals surface area contributed by atoms with Crippen molar-refractivity contribution in [2.45, 2.75) is 0 Å². The van der Waals surface area contributed by atoms with Gasteiger partial charge in [0.1, 0.15) is 5.02 Å². The van der Waals surface area contributed by atoms with Crippen LogP contribution in [0.15, 0.2) is 66.7 Å². The maximum absolute atomic E-state index is 12.9. The molecule has 3 rings (SSSR count). The molecule has 0 heterocycles. The van der Waals surface area contributed by atoms with Gasteiger partial charge in [-0.15, -0.1) is 0 Å². The van der Waals surface area contributed by atoms with Gasteiger partial charge in [-0.1, -0.05) is 47.5 Å². The zero-order chi connectivity index (χ0) is 20.3. The van der Waals surface area contributed by atoms with Gasteiger partial charge in [0.05, 0.1) is 10.5 Å². The van der Waals surface area contributed by atoms with Crippen LogP contribution in [-0.2, 0) is 0 Å². The standard InChI is InChI=1S/C20H12Cl2N2O4/c21-13-4-3-5-14(11-13)23-20(26)16-7-2-1-6-15(16)19(25)12-8-9-17(22)18(10-12)24(27)28/h1-11H,(H,23,26). The average Bonchev–Trinajstić information content (AvgIpc) is 2.67. The minimum Gasteiger partial charge on any atom is -0.322 e. The minimum absolute atomic E-state index is 0.0547. The first-order chi connectivity index (χ1) is 13.4. The Hall–Kier alpha value is -3.22. The lowest BCUT2D eigenvalue weighted by Crippen LogP contribution is -2.17. The summed E-state index contributed by atoms with van der Waals surface area (Å²) in [5, 5.41) is 14.1. The van der Waals surface area contributed by atoms with Crippen molar-refractivity contribution in [2.75, 3.05) is 5.32 Å². The highest BCUT2D eigenvalue weighted by molar-refractivity contribution is 6.33. The molecule has 8 heteroatoms. The van der Waals surface area contributed by atoms with Gasteiger partial charge in [-0.25, -0.2) is 0 Å². The SMILES string of the molecule is O=C(Nc1cccc(Cl)c1)c1ccccc1C(=O)c1ccc(Cl)c([N+](=O)[O-])c1. The van der Waals surface area contributed by atoms with Crippen LogP contribution in [0, 0.1) is 10.1 Å². The molecule has 140 valence electrons. The number of amides is 1. The Morgan fingerprint density at radius 1 is 0.893 bits per heavy atom. The van der Waals surface area contributed by atoms with Crippen LogP contribution >= 0.6 is 23.2 Å². The van der Waals surface area contributed by atoms with Gasteiger partial charge in [-0.05, 0) is 36.4 Å². The normalized spacial score (nSPS) is 10.4. The van der Waals surface area contributed by atoms with Gasteiger partial charge in [0, 0.05) is 27.9 Å². The molecule has 0 radical (unpaired) electrons. The molecule has 6 nitrogen and oxygen atoms in total. The Bertz CT molecular complexity index is 1100. The number of ketones is 1. The van der Waals surface area contributed by atoms with E-state index in [1.54, 1.807) is 36.4 Å². The second kappa shape index (κ2) is 8.21. The molecule has 0 unspecified atom stereocenters. The zero-order valence-corrected chi connectivity index (χ0v) is 15.7. The summed E-state index contributed by atoms with van der Waals surface area (Å²) in [7, 11) is 0. The van der Waals surface area contributed by atoms with E-state index >= 15 is 0 Å². The average molecular weight is 415 g/mol. The van der Waals surface area contributed by atoms with Crippen molar-refractivity contribution < 1.29 is 14.5 Å². The number of halogens is 2. The van der Waals surface area contributed by atoms with Crippen LogP contribution in [0.5, 0.6) is 0 Å². The fourth-order valence-electron chi connectivity index (χ4n) is 2.59. The van der Waals surface area contributed by atoms with Gasteiger partial charge >= 0.3 is 0 Å². The maximum Gasteiger partial charge on any atom is 0.288 e. The number of carbonyl (C=O) groups is 2. The van der Waals surface area contributed by atoms with E-state index in [9.17, 15) is 19.7 Å². The molecule has 3 aromatic carbocycles. The monoisotopic (exact) mass is 414 g/mol. The molecule has 3 aromatic rings. The predicted molar refractivity (Wildman–Crippen MR) is 107 cm³/mol. The molecule has 0 aliphatic heterocycles. The zero-order valence-electron chi connectivity index (χ0n) is 14.2. The first kappa shape index (κ1) is 19.5. The number of nitro benzene ring substituents is 1. The van der Waals surface area contributed by atoms with Crippen molar-refractivity contribution in [3.05, 3.63) is 104 Å². The molecule has 1 amide bonds. The quantitative estimate of drug-likeness (QED) is 0.344. The number of anilines is 1. The number of nitrogens with zero attached hydrogens (tertiary/aromatic N) is 1. The summed E-state index contributed by atoms with van der Waals surface area (Å²) in [6, 6.07) is 16.5. The first-order valence-corrected chi connectivity index (χ1v) is 8.77. The van der Waals surface area contributed by atoms with E-state index in [4.69, 9.17) is 23.2 Å². The molecule has 0 aromatic heterocycles. The van der Waals surface area contributed by atoms with Crippen LogP contribution in [0.1, 0.15) is 26.3 Å². The predicted octanol–water partition coefficient (Wildman–Crippen LogP) is 5.38. The van der Waals surface area contributed by atoms with E-state index in [0.29, 0.717) is 10.7 Å². The Labute approximate surface area is 169 Å². The number of nitrogens with one attached hydrogen (secondary N) is 1. The molecule has 28 heavy (non-hydrogen) atoms. The molecule has 0 fully saturated rings. The van der Waals surface area contributed by atoms with Gasteiger partial charge in [0.25, 0.3) is 11.6 Å². The third kappa shape index (κ3) is 4.19. The Morgan fingerprint density at radius 2 is 1.61 bits per heavy atom. The third-order valence-electron chi connectivity index (χ3n) is 3.90. The van der Waals surface area contributed by atoms with Crippen molar-refractivity contribution in [1.82, 2.24) is 0 Å². The Kier molecular flexibility index (Phi) is 5.73. The van der Waals surface area contributed by atoms with Crippen LogP contribution < -0.4 is 5.32 Å². The lowest BCUT2D eigenvalue weighted by molar-refractivity contribution is -0.384. The molecule has 0 saturated carbocycles. The number of hydrogen-bond donors (Lipinski definition) is 1. The molecular weight excluding hydrogens is 403 g/mol. The minimum atomic E-state index is -0.670. The van der Waals surface area contributed by atoms with E-state index in [1.165, 1.54) is 24.3 Å². The molecule has 1 N–H and O–H groups in total. The second-order valence-corrected chi connectivity index (χ2v) is 6.61. The second-order valence-electron chi connectivity index (χ2n) is 5.76. The van der Waals surface area contributed by atoms with Crippen molar-refractivity contribution in [1.29, 1.82) is 0 Å². The first-order valence-electron chi connectivity index (χ1n) is 8.01. The number of benzene rings is 3. The molecule has 0 atom stereocenters. The Balaban J connectivity index is 1.96. The summed E-state index contributed by atoms with van der Waals surface area (Å²) >= 11 is 11.7. The van der Waals surface area contributed by atoms with Crippen LogP contribution in [0.2, 0.25) is 10.0 Å². The lowest BCUT2D eigenvalue weighted by Gasteiger charge is -2.10. The van der Waals surface area contributed by atoms with E-state index in [2.05, 4.69) is 5.32 Å². The third-order valence-corrected chi connectivity index (χ3v) is 4.46. The van der Waals surface area contributed by atoms with Crippen LogP contribution in [-0.4, -0.2) is 16.6 Å². The number of nitro groups is 1. The van der Waals surface area contributed by atoms with E-state index < -0.39 is 16.6 Å². The fourth-order valence-corrected chi connectivity index (χ4v) is 2.97. The summed E-state index contributed by atoms with van der Waals surface area (Å²) in [6.45, 7) is 0. The van der Waals surface area contributed by atoms with Gasteiger partial charge in [0.2, 0.25) is 0 Å². The highest BCUT2D eigenvalue weighted by Crippen LogP contribution is 2.27. The van der Waals surface area contributed by atoms with E-state index in [-0.39, 0.29) is 27.4 Å². The van der Waals surface area contributed by atoms with Crippen molar-refractivity contribution in [3.8, 4) is 0 Å². The van der Waals surface area contributed by atoms with E-state index in [0.717, 1.165) is 6.07 Å². The van der Waals surface area contributed by atoms with Gasteiger partial charge in [0.15, 0.2) is 5.78 Å². The highest BCUT2D eigenvalue weighted by Gasteiger charge is 2.21. The van der Waals surface area contributed by atoms with Crippen molar-refractivity contribution in [3.63, 3.8) is 0 Å². The summed E-state index contributed by atoms with van der Waals surface area (Å²) in [5.41, 5.74) is 0.387. The van der Waals surface area contributed by atoms with Crippen molar-refractivity contribution >= 4 is 46.3 Å². The highest BCUT2D eigenvalue weighted by atomic mass is 35.5. The number of rotatable bonds is 5. The van der Waals surface area contributed by atoms with Crippen LogP contribution in [0.4, 0.5) is 11.4 Å². The Morgan fingerprint density at radius 3 is 2.29 bits per heavy atom. The molecule has 0 aliphatic rings. The van der Waals surface area contributed by atoms with Gasteiger partial charge in [-0.2, -0.15) is 0 Å². The number of carbonyl (C=O) groups excluding carboxylic acids is 2. The molecule has 0 saturated heterocycles. The molecule has 0 aliphatic carbocycles. The van der Waals surface area contributed by atoms with Crippen LogP contribution in [0.3, 0.4) is 0 Å². The number of hydrogen-bond acceptors (Lipinski definition) is 4. The summed E-state index contributed by atoms with van der Waals surface area (Å²) in [6.07, 6.45) is 0. The fraction of sp³-hybridized carbons (Fsp3) is 0. The summed E-state index contributed by atoms with van der Waals surface area (Å²) in [4.78, 5) is 36.0. The topological polar surface area (TPSA) is 89.3 Å². The maximum atomic E-state index is 12.9. The summed E-state index contributed by atoms with van der Waals surface area (Å²) < 4.78 is 0. The van der Waals surface area contributed by atoms with Gasteiger partial charge < -0.3 is 5.32 Å². The van der Waals surface area contributed by atoms with Crippen molar-refractivity contribution in [2.24, 2.45) is 0 Å². The molecule has 0 spiro atoms. The van der Waals surface area contributed by atoms with E-state index in [1.807, 2.05) is 0 Å². The smallest absolute Gasteiger partial charge is 0.288 e. The molecular formula is C20H12Cl2N2O4. The lowest BCUT2D eigenvalue weighted by atomic mass is 9.97. The van der Waals surface area contributed by atoms with Gasteiger partial charge in [-0.3, -0.25) is 19.7 Å². The van der Waals surface area contributed by atoms with Crippen LogP contribution in [0.25, 0.3) is 0 Å². The molecule has 0 bridgehead atoms. The largest absolute Gasteiger partial charge is 0.322 e. The summed E-state index contributed by atoms with van der Waals surface area (Å²) in [5.74, 6) is -1.04.